The molecule has 2 aliphatic rings. The van der Waals surface area contributed by atoms with Crippen molar-refractivity contribution in [3.05, 3.63) is 59.7 Å². The smallest absolute Gasteiger partial charge is 0.285 e. The van der Waals surface area contributed by atoms with Gasteiger partial charge in [0, 0.05) is 10.9 Å². The summed E-state index contributed by atoms with van der Waals surface area (Å²) in [7, 11) is -3.09. The van der Waals surface area contributed by atoms with Crippen LogP contribution in [0.4, 0.5) is 5.69 Å². The number of carbonyl (C=O) groups is 1. The Morgan fingerprint density at radius 3 is 2.66 bits per heavy atom. The lowest BCUT2D eigenvalue weighted by atomic mass is 10.1. The van der Waals surface area contributed by atoms with E-state index >= 15 is 0 Å². The van der Waals surface area contributed by atoms with E-state index in [0.717, 1.165) is 16.8 Å². The molecule has 2 fully saturated rings. The minimum Gasteiger partial charge on any atom is -0.484 e. The molecule has 0 radical (unpaired) electrons. The van der Waals surface area contributed by atoms with Crippen LogP contribution in [0.2, 0.25) is 0 Å². The molecule has 2 saturated heterocycles. The SMILES string of the molecule is Cc1cccc(N2C(=NC(=O)COc3ccccc3)S[C@H]3CS(=O)(=O)C[C@H]32)c1C. The minimum absolute atomic E-state index is 0.0752. The lowest BCUT2D eigenvalue weighted by Crippen LogP contribution is -2.38. The largest absolute Gasteiger partial charge is 0.484 e. The van der Waals surface area contributed by atoms with E-state index in [1.807, 2.05) is 55.1 Å². The zero-order valence-electron chi connectivity index (χ0n) is 16.2. The maximum Gasteiger partial charge on any atom is 0.285 e. The second kappa shape index (κ2) is 7.84. The molecule has 0 N–H and O–H groups in total. The molecule has 0 aromatic heterocycles. The number of hydrogen-bond donors (Lipinski definition) is 0. The predicted molar refractivity (Wildman–Crippen MR) is 117 cm³/mol. The molecule has 4 rings (SSSR count). The topological polar surface area (TPSA) is 76.0 Å². The van der Waals surface area contributed by atoms with Crippen LogP contribution in [0.5, 0.6) is 5.75 Å². The van der Waals surface area contributed by atoms with Gasteiger partial charge in [0.25, 0.3) is 5.91 Å². The number of ether oxygens (including phenoxy) is 1. The molecule has 0 unspecified atom stereocenters. The number of amides is 1. The van der Waals surface area contributed by atoms with Crippen LogP contribution in [0.3, 0.4) is 0 Å². The summed E-state index contributed by atoms with van der Waals surface area (Å²) in [6.07, 6.45) is 0. The Bertz CT molecular complexity index is 1070. The fraction of sp³-hybridized carbons (Fsp3) is 0.333. The highest BCUT2D eigenvalue weighted by Gasteiger charge is 2.49. The van der Waals surface area contributed by atoms with Crippen LogP contribution in [-0.2, 0) is 14.6 Å². The lowest BCUT2D eigenvalue weighted by Gasteiger charge is -2.26. The van der Waals surface area contributed by atoms with E-state index in [1.165, 1.54) is 11.8 Å². The van der Waals surface area contributed by atoms with Crippen LogP contribution in [0, 0.1) is 13.8 Å². The second-order valence-electron chi connectivity index (χ2n) is 7.28. The highest BCUT2D eigenvalue weighted by molar-refractivity contribution is 8.16. The Labute approximate surface area is 174 Å². The first-order valence-electron chi connectivity index (χ1n) is 9.36. The first kappa shape index (κ1) is 20.0. The first-order valence-corrected chi connectivity index (χ1v) is 12.1. The molecule has 0 saturated carbocycles. The molecule has 2 aliphatic heterocycles. The summed E-state index contributed by atoms with van der Waals surface area (Å²) in [5.41, 5.74) is 3.06. The fourth-order valence-corrected chi connectivity index (χ4v) is 7.57. The van der Waals surface area contributed by atoms with Crippen molar-refractivity contribution in [2.24, 2.45) is 4.99 Å². The molecule has 6 nitrogen and oxygen atoms in total. The molecule has 0 aliphatic carbocycles. The maximum absolute atomic E-state index is 12.5. The summed E-state index contributed by atoms with van der Waals surface area (Å²) < 4.78 is 29.9. The standard InChI is InChI=1S/C21H22N2O4S2/c1-14-7-6-10-17(15(14)2)23-18-12-29(25,26)13-19(18)28-21(23)22-20(24)11-27-16-8-4-3-5-9-16/h3-10,18-19H,11-13H2,1-2H3/t18-,19+/m1/s1. The molecule has 152 valence electrons. The monoisotopic (exact) mass is 430 g/mol. The zero-order chi connectivity index (χ0) is 20.6. The summed E-state index contributed by atoms with van der Waals surface area (Å²) in [6, 6.07) is 14.8. The number of carbonyl (C=O) groups excluding carboxylic acids is 1. The first-order chi connectivity index (χ1) is 13.8. The van der Waals surface area contributed by atoms with Crippen molar-refractivity contribution in [2.75, 3.05) is 23.0 Å². The van der Waals surface area contributed by atoms with Crippen LogP contribution < -0.4 is 9.64 Å². The van der Waals surface area contributed by atoms with E-state index in [1.54, 1.807) is 12.1 Å². The van der Waals surface area contributed by atoms with Crippen LogP contribution >= 0.6 is 11.8 Å². The summed E-state index contributed by atoms with van der Waals surface area (Å²) in [5, 5.41) is 0.423. The molecule has 2 aromatic carbocycles. The lowest BCUT2D eigenvalue weighted by molar-refractivity contribution is -0.119. The molecule has 0 bridgehead atoms. The molecule has 2 heterocycles. The van der Waals surface area contributed by atoms with Crippen molar-refractivity contribution >= 4 is 38.4 Å². The Balaban J connectivity index is 1.62. The van der Waals surface area contributed by atoms with Gasteiger partial charge in [-0.15, -0.1) is 0 Å². The Morgan fingerprint density at radius 1 is 1.14 bits per heavy atom. The van der Waals surface area contributed by atoms with Crippen molar-refractivity contribution in [2.45, 2.75) is 25.1 Å². The number of anilines is 1. The third kappa shape index (κ3) is 4.18. The van der Waals surface area contributed by atoms with E-state index in [0.29, 0.717) is 10.9 Å². The number of amidine groups is 1. The van der Waals surface area contributed by atoms with Gasteiger partial charge in [-0.1, -0.05) is 42.1 Å². The third-order valence-corrected chi connectivity index (χ3v) is 8.44. The molecule has 2 aromatic rings. The Kier molecular flexibility index (Phi) is 5.40. The van der Waals surface area contributed by atoms with Gasteiger partial charge >= 0.3 is 0 Å². The number of hydrogen-bond acceptors (Lipinski definition) is 5. The number of sulfone groups is 1. The van der Waals surface area contributed by atoms with Crippen LogP contribution in [0.25, 0.3) is 0 Å². The average Bonchev–Trinajstić information content (AvgIpc) is 3.14. The molecule has 29 heavy (non-hydrogen) atoms. The highest BCUT2D eigenvalue weighted by Crippen LogP contribution is 2.42. The van der Waals surface area contributed by atoms with E-state index < -0.39 is 15.7 Å². The molecule has 2 atom stereocenters. The summed E-state index contributed by atoms with van der Waals surface area (Å²) >= 11 is 1.37. The molecule has 1 amide bonds. The zero-order valence-corrected chi connectivity index (χ0v) is 17.9. The summed E-state index contributed by atoms with van der Waals surface area (Å²) in [5.74, 6) is 0.396. The van der Waals surface area contributed by atoms with E-state index in [9.17, 15) is 13.2 Å². The second-order valence-corrected chi connectivity index (χ2v) is 10.6. The molecular weight excluding hydrogens is 408 g/mol. The van der Waals surface area contributed by atoms with Gasteiger partial charge in [0.1, 0.15) is 5.75 Å². The van der Waals surface area contributed by atoms with Crippen LogP contribution in [-0.4, -0.2) is 48.9 Å². The van der Waals surface area contributed by atoms with Gasteiger partial charge in [0.05, 0.1) is 17.5 Å². The molecule has 0 spiro atoms. The number of aryl methyl sites for hydroxylation is 1. The summed E-state index contributed by atoms with van der Waals surface area (Å²) in [4.78, 5) is 18.7. The predicted octanol–water partition coefficient (Wildman–Crippen LogP) is 2.98. The van der Waals surface area contributed by atoms with E-state index in [2.05, 4.69) is 4.99 Å². The summed E-state index contributed by atoms with van der Waals surface area (Å²) in [6.45, 7) is 3.85. The number of nitrogens with zero attached hydrogens (tertiary/aromatic N) is 2. The molecular formula is C21H22N2O4S2. The van der Waals surface area contributed by atoms with Crippen molar-refractivity contribution in [1.82, 2.24) is 0 Å². The van der Waals surface area contributed by atoms with Gasteiger partial charge in [0.2, 0.25) is 0 Å². The van der Waals surface area contributed by atoms with Crippen molar-refractivity contribution < 1.29 is 17.9 Å². The average molecular weight is 431 g/mol. The van der Waals surface area contributed by atoms with Gasteiger partial charge in [-0.3, -0.25) is 4.79 Å². The number of para-hydroxylation sites is 1. The van der Waals surface area contributed by atoms with Gasteiger partial charge in [-0.2, -0.15) is 4.99 Å². The van der Waals surface area contributed by atoms with Gasteiger partial charge in [-0.25, -0.2) is 8.42 Å². The highest BCUT2D eigenvalue weighted by atomic mass is 32.2. The van der Waals surface area contributed by atoms with Crippen molar-refractivity contribution in [3.63, 3.8) is 0 Å². The van der Waals surface area contributed by atoms with Crippen molar-refractivity contribution in [3.8, 4) is 5.75 Å². The Morgan fingerprint density at radius 2 is 1.90 bits per heavy atom. The van der Waals surface area contributed by atoms with E-state index in [-0.39, 0.29) is 29.4 Å². The van der Waals surface area contributed by atoms with Gasteiger partial charge < -0.3 is 9.64 Å². The number of thioether (sulfide) groups is 1. The number of fused-ring (bicyclic) bond motifs is 1. The van der Waals surface area contributed by atoms with Crippen molar-refractivity contribution in [1.29, 1.82) is 0 Å². The normalized spacial score (nSPS) is 23.9. The number of aliphatic imine (C=N–C) groups is 1. The fourth-order valence-electron chi connectivity index (χ4n) is 3.64. The Hall–Kier alpha value is -2.32. The van der Waals surface area contributed by atoms with Gasteiger partial charge in [0.15, 0.2) is 21.6 Å². The van der Waals surface area contributed by atoms with E-state index in [4.69, 9.17) is 4.74 Å². The van der Waals surface area contributed by atoms with Crippen LogP contribution in [0.15, 0.2) is 53.5 Å². The number of rotatable bonds is 4. The molecule has 8 heteroatoms. The van der Waals surface area contributed by atoms with Gasteiger partial charge in [-0.05, 0) is 43.2 Å². The maximum atomic E-state index is 12.5. The third-order valence-electron chi connectivity index (χ3n) is 5.23. The minimum atomic E-state index is -3.09. The quantitative estimate of drug-likeness (QED) is 0.742. The number of benzene rings is 2. The van der Waals surface area contributed by atoms with Crippen LogP contribution in [0.1, 0.15) is 11.1 Å².